The van der Waals surface area contributed by atoms with Crippen LogP contribution in [0, 0.1) is 0 Å². The second-order valence-corrected chi connectivity index (χ2v) is 3.95. The minimum Gasteiger partial charge on any atom is -0.478 e. The summed E-state index contributed by atoms with van der Waals surface area (Å²) in [7, 11) is 0. The first-order valence-corrected chi connectivity index (χ1v) is 5.66. The second kappa shape index (κ2) is 5.77. The van der Waals surface area contributed by atoms with Gasteiger partial charge in [0.15, 0.2) is 0 Å². The molecular formula is C14H12N2O3. The van der Waals surface area contributed by atoms with Crippen molar-refractivity contribution in [3.05, 3.63) is 70.4 Å². The van der Waals surface area contributed by atoms with E-state index in [9.17, 15) is 9.59 Å². The van der Waals surface area contributed by atoms with E-state index < -0.39 is 5.97 Å². The Hall–Kier alpha value is -2.69. The molecule has 0 spiro atoms. The molecule has 1 heterocycles. The molecule has 0 aliphatic carbocycles. The lowest BCUT2D eigenvalue weighted by atomic mass is 10.1. The van der Waals surface area contributed by atoms with Crippen molar-refractivity contribution in [2.75, 3.05) is 0 Å². The first kappa shape index (κ1) is 12.8. The molecule has 0 saturated carbocycles. The standard InChI is InChI=1S/C14H12N2O3/c17-13(18)6-5-11-3-1-4-12(9-11)10-16-8-2-7-15-14(16)19/h1-9H,10H2,(H,17,18). The Balaban J connectivity index is 2.22. The number of aliphatic carboxylic acids is 1. The molecule has 0 radical (unpaired) electrons. The van der Waals surface area contributed by atoms with Gasteiger partial charge in [-0.25, -0.2) is 14.6 Å². The van der Waals surface area contributed by atoms with Crippen molar-refractivity contribution >= 4 is 12.0 Å². The van der Waals surface area contributed by atoms with E-state index in [0.717, 1.165) is 17.2 Å². The van der Waals surface area contributed by atoms with Crippen molar-refractivity contribution in [3.8, 4) is 0 Å². The third kappa shape index (κ3) is 3.64. The van der Waals surface area contributed by atoms with E-state index in [1.54, 1.807) is 18.3 Å². The summed E-state index contributed by atoms with van der Waals surface area (Å²) in [5.74, 6) is -0.992. The lowest BCUT2D eigenvalue weighted by Crippen LogP contribution is -2.21. The lowest BCUT2D eigenvalue weighted by molar-refractivity contribution is -0.131. The number of hydrogen-bond acceptors (Lipinski definition) is 3. The molecule has 2 rings (SSSR count). The molecule has 1 aromatic heterocycles. The largest absolute Gasteiger partial charge is 0.478 e. The first-order chi connectivity index (χ1) is 9.15. The van der Waals surface area contributed by atoms with E-state index in [2.05, 4.69) is 4.98 Å². The maximum Gasteiger partial charge on any atom is 0.347 e. The molecule has 0 aliphatic heterocycles. The molecule has 0 fully saturated rings. The van der Waals surface area contributed by atoms with Crippen molar-refractivity contribution in [1.29, 1.82) is 0 Å². The summed E-state index contributed by atoms with van der Waals surface area (Å²) in [6, 6.07) is 9.01. The molecule has 1 aromatic carbocycles. The monoisotopic (exact) mass is 256 g/mol. The predicted molar refractivity (Wildman–Crippen MR) is 70.7 cm³/mol. The Morgan fingerprint density at radius 1 is 1.37 bits per heavy atom. The number of carboxylic acids is 1. The molecule has 5 nitrogen and oxygen atoms in total. The Bertz CT molecular complexity index is 674. The minimum absolute atomic E-state index is 0.311. The topological polar surface area (TPSA) is 72.2 Å². The predicted octanol–water partition coefficient (Wildman–Crippen LogP) is 1.39. The van der Waals surface area contributed by atoms with Crippen molar-refractivity contribution in [2.45, 2.75) is 6.54 Å². The van der Waals surface area contributed by atoms with Gasteiger partial charge >= 0.3 is 11.7 Å². The number of carbonyl (C=O) groups is 1. The van der Waals surface area contributed by atoms with E-state index in [0.29, 0.717) is 6.54 Å². The minimum atomic E-state index is -0.992. The van der Waals surface area contributed by atoms with Crippen LogP contribution in [0.3, 0.4) is 0 Å². The van der Waals surface area contributed by atoms with Crippen LogP contribution in [0.2, 0.25) is 0 Å². The van der Waals surface area contributed by atoms with Crippen molar-refractivity contribution in [3.63, 3.8) is 0 Å². The maximum atomic E-state index is 11.5. The zero-order chi connectivity index (χ0) is 13.7. The van der Waals surface area contributed by atoms with Gasteiger partial charge in [0.05, 0.1) is 6.54 Å². The first-order valence-electron chi connectivity index (χ1n) is 5.66. The molecule has 0 bridgehead atoms. The average molecular weight is 256 g/mol. The van der Waals surface area contributed by atoms with Crippen LogP contribution in [0.15, 0.2) is 53.6 Å². The smallest absolute Gasteiger partial charge is 0.347 e. The highest BCUT2D eigenvalue weighted by Crippen LogP contribution is 2.08. The van der Waals surface area contributed by atoms with Gasteiger partial charge in [-0.1, -0.05) is 18.2 Å². The molecule has 96 valence electrons. The number of carboxylic acid groups (broad SMARTS) is 1. The Morgan fingerprint density at radius 2 is 2.21 bits per heavy atom. The molecule has 1 N–H and O–H groups in total. The van der Waals surface area contributed by atoms with E-state index >= 15 is 0 Å². The Kier molecular flexibility index (Phi) is 3.87. The number of benzene rings is 1. The lowest BCUT2D eigenvalue weighted by Gasteiger charge is -2.05. The van der Waals surface area contributed by atoms with Crippen LogP contribution in [0.5, 0.6) is 0 Å². The summed E-state index contributed by atoms with van der Waals surface area (Å²) in [6.45, 7) is 0.404. The number of aromatic nitrogens is 2. The van der Waals surface area contributed by atoms with Gasteiger partial charge in [0.25, 0.3) is 0 Å². The summed E-state index contributed by atoms with van der Waals surface area (Å²) in [6.07, 6.45) is 5.70. The zero-order valence-corrected chi connectivity index (χ0v) is 10.1. The van der Waals surface area contributed by atoms with Crippen LogP contribution in [0.25, 0.3) is 6.08 Å². The molecule has 0 aliphatic rings. The Morgan fingerprint density at radius 3 is 2.95 bits per heavy atom. The molecular weight excluding hydrogens is 244 g/mol. The molecule has 5 heteroatoms. The molecule has 0 unspecified atom stereocenters. The van der Waals surface area contributed by atoms with E-state index in [-0.39, 0.29) is 5.69 Å². The average Bonchev–Trinajstić information content (AvgIpc) is 2.40. The van der Waals surface area contributed by atoms with Gasteiger partial charge in [-0.3, -0.25) is 4.57 Å². The molecule has 0 saturated heterocycles. The van der Waals surface area contributed by atoms with E-state index in [1.807, 2.05) is 18.2 Å². The summed E-state index contributed by atoms with van der Waals surface area (Å²) in [5, 5.41) is 8.58. The van der Waals surface area contributed by atoms with Crippen LogP contribution in [-0.2, 0) is 11.3 Å². The normalized spacial score (nSPS) is 10.7. The van der Waals surface area contributed by atoms with Crippen LogP contribution >= 0.6 is 0 Å². The van der Waals surface area contributed by atoms with Gasteiger partial charge in [-0.2, -0.15) is 0 Å². The summed E-state index contributed by atoms with van der Waals surface area (Å²) < 4.78 is 1.49. The van der Waals surface area contributed by atoms with Crippen molar-refractivity contribution < 1.29 is 9.90 Å². The van der Waals surface area contributed by atoms with E-state index in [1.165, 1.54) is 16.8 Å². The summed E-state index contributed by atoms with van der Waals surface area (Å²) >= 11 is 0. The number of hydrogen-bond donors (Lipinski definition) is 1. The van der Waals surface area contributed by atoms with Crippen molar-refractivity contribution in [1.82, 2.24) is 9.55 Å². The highest BCUT2D eigenvalue weighted by atomic mass is 16.4. The summed E-state index contributed by atoms with van der Waals surface area (Å²) in [4.78, 5) is 25.6. The number of rotatable bonds is 4. The second-order valence-electron chi connectivity index (χ2n) is 3.95. The van der Waals surface area contributed by atoms with Gasteiger partial charge in [-0.05, 0) is 29.3 Å². The van der Waals surface area contributed by atoms with Crippen molar-refractivity contribution in [2.24, 2.45) is 0 Å². The van der Waals surface area contributed by atoms with Gasteiger partial charge in [0, 0.05) is 18.5 Å². The number of nitrogens with zero attached hydrogens (tertiary/aromatic N) is 2. The highest BCUT2D eigenvalue weighted by molar-refractivity contribution is 5.85. The van der Waals surface area contributed by atoms with Gasteiger partial charge in [0.2, 0.25) is 0 Å². The van der Waals surface area contributed by atoms with Crippen LogP contribution in [0.4, 0.5) is 0 Å². The highest BCUT2D eigenvalue weighted by Gasteiger charge is 1.98. The van der Waals surface area contributed by atoms with E-state index in [4.69, 9.17) is 5.11 Å². The molecule has 19 heavy (non-hydrogen) atoms. The van der Waals surface area contributed by atoms with Gasteiger partial charge in [0.1, 0.15) is 0 Å². The van der Waals surface area contributed by atoms with Gasteiger partial charge < -0.3 is 5.11 Å². The van der Waals surface area contributed by atoms with Gasteiger partial charge in [-0.15, -0.1) is 0 Å². The fourth-order valence-electron chi connectivity index (χ4n) is 1.67. The SMILES string of the molecule is O=C(O)C=Cc1cccc(Cn2cccnc2=O)c1. The maximum absolute atomic E-state index is 11.5. The van der Waals surface area contributed by atoms with Crippen LogP contribution in [0.1, 0.15) is 11.1 Å². The quantitative estimate of drug-likeness (QED) is 0.839. The fourth-order valence-corrected chi connectivity index (χ4v) is 1.67. The molecule has 0 atom stereocenters. The fraction of sp³-hybridized carbons (Fsp3) is 0.0714. The molecule has 2 aromatic rings. The third-order valence-corrected chi connectivity index (χ3v) is 2.51. The summed E-state index contributed by atoms with van der Waals surface area (Å²) in [5.41, 5.74) is 1.37. The Labute approximate surface area is 109 Å². The zero-order valence-electron chi connectivity index (χ0n) is 10.1. The van der Waals surface area contributed by atoms with Crippen LogP contribution < -0.4 is 5.69 Å². The third-order valence-electron chi connectivity index (χ3n) is 2.51. The molecule has 0 amide bonds. The van der Waals surface area contributed by atoms with Crippen LogP contribution in [-0.4, -0.2) is 20.6 Å².